The number of nitrogens with one attached hydrogen (secondary N) is 2. The summed E-state index contributed by atoms with van der Waals surface area (Å²) < 4.78 is 13.3. The van der Waals surface area contributed by atoms with E-state index in [1.165, 1.54) is 6.07 Å². The molecule has 0 fully saturated rings. The molecule has 5 heteroatoms. The number of rotatable bonds is 2. The number of anilines is 3. The van der Waals surface area contributed by atoms with E-state index in [-0.39, 0.29) is 5.82 Å². The van der Waals surface area contributed by atoms with Gasteiger partial charge in [0.15, 0.2) is 5.82 Å². The van der Waals surface area contributed by atoms with Crippen LogP contribution in [0.25, 0.3) is 0 Å². The highest BCUT2D eigenvalue weighted by atomic mass is 19.1. The fraction of sp³-hybridized carbons (Fsp3) is 0.182. The van der Waals surface area contributed by atoms with E-state index in [4.69, 9.17) is 5.73 Å². The number of halogens is 1. The predicted molar refractivity (Wildman–Crippen MR) is 62.2 cm³/mol. The minimum atomic E-state index is -0.254. The van der Waals surface area contributed by atoms with E-state index in [9.17, 15) is 4.39 Å². The van der Waals surface area contributed by atoms with Crippen LogP contribution in [0.4, 0.5) is 21.7 Å². The van der Waals surface area contributed by atoms with E-state index in [2.05, 4.69) is 15.3 Å². The van der Waals surface area contributed by atoms with Crippen molar-refractivity contribution >= 4 is 17.3 Å². The van der Waals surface area contributed by atoms with E-state index in [1.807, 2.05) is 0 Å². The van der Waals surface area contributed by atoms with Gasteiger partial charge in [0.1, 0.15) is 17.5 Å². The molecule has 0 saturated carbocycles. The van der Waals surface area contributed by atoms with Crippen LogP contribution >= 0.6 is 0 Å². The largest absolute Gasteiger partial charge is 0.382 e. The molecule has 4 N–H and O–H groups in total. The van der Waals surface area contributed by atoms with Gasteiger partial charge in [-0.25, -0.2) is 9.37 Å². The molecule has 0 amide bonds. The van der Waals surface area contributed by atoms with Crippen LogP contribution in [-0.4, -0.2) is 9.97 Å². The summed E-state index contributed by atoms with van der Waals surface area (Å²) in [4.78, 5) is 7.01. The number of aromatic nitrogens is 2. The molecule has 0 saturated heterocycles. The molecule has 1 aromatic carbocycles. The molecule has 0 unspecified atom stereocenters. The van der Waals surface area contributed by atoms with Gasteiger partial charge in [-0.15, -0.1) is 0 Å². The second-order valence-corrected chi connectivity index (χ2v) is 3.67. The molecule has 4 nitrogen and oxygen atoms in total. The van der Waals surface area contributed by atoms with Gasteiger partial charge in [-0.3, -0.25) is 0 Å². The third kappa shape index (κ3) is 1.98. The average Bonchev–Trinajstić information content (AvgIpc) is 2.51. The zero-order valence-electron chi connectivity index (χ0n) is 9.13. The lowest BCUT2D eigenvalue weighted by Crippen LogP contribution is -1.96. The highest BCUT2D eigenvalue weighted by Crippen LogP contribution is 2.21. The maximum absolute atomic E-state index is 13.3. The van der Waals surface area contributed by atoms with E-state index in [1.54, 1.807) is 26.0 Å². The van der Waals surface area contributed by atoms with Crippen molar-refractivity contribution in [3.05, 3.63) is 35.4 Å². The van der Waals surface area contributed by atoms with Crippen LogP contribution in [-0.2, 0) is 0 Å². The van der Waals surface area contributed by atoms with Crippen LogP contribution in [0.2, 0.25) is 0 Å². The van der Waals surface area contributed by atoms with Gasteiger partial charge in [0.25, 0.3) is 0 Å². The molecule has 0 atom stereocenters. The fourth-order valence-corrected chi connectivity index (χ4v) is 1.41. The van der Waals surface area contributed by atoms with Gasteiger partial charge < -0.3 is 16.0 Å². The highest BCUT2D eigenvalue weighted by Gasteiger charge is 2.06. The number of benzene rings is 1. The lowest BCUT2D eigenvalue weighted by molar-refractivity contribution is 0.619. The highest BCUT2D eigenvalue weighted by molar-refractivity contribution is 5.66. The second kappa shape index (κ2) is 3.84. The Morgan fingerprint density at radius 3 is 2.69 bits per heavy atom. The molecule has 16 heavy (non-hydrogen) atoms. The molecule has 0 aliphatic rings. The standard InChI is InChI=1S/C11H13FN4/c1-6-3-4-8(5-9(6)12)16-11-10(13)14-7(2)15-11/h3-5,16H,13H2,1-2H3,(H,14,15). The number of H-pyrrole nitrogens is 1. The SMILES string of the molecule is Cc1nc(Nc2ccc(C)c(F)c2)c(N)[nH]1. The molecule has 84 valence electrons. The molecule has 0 aliphatic heterocycles. The predicted octanol–water partition coefficient (Wildman–Crippen LogP) is 2.49. The van der Waals surface area contributed by atoms with Crippen molar-refractivity contribution in [3.8, 4) is 0 Å². The number of nitrogens with two attached hydrogens (primary N) is 1. The summed E-state index contributed by atoms with van der Waals surface area (Å²) in [7, 11) is 0. The topological polar surface area (TPSA) is 66.7 Å². The van der Waals surface area contributed by atoms with E-state index < -0.39 is 0 Å². The molecule has 2 aromatic rings. The summed E-state index contributed by atoms with van der Waals surface area (Å²) in [5.41, 5.74) is 6.92. The minimum absolute atomic E-state index is 0.254. The van der Waals surface area contributed by atoms with Crippen molar-refractivity contribution in [2.75, 3.05) is 11.1 Å². The number of aromatic amines is 1. The number of hydrogen-bond donors (Lipinski definition) is 3. The summed E-state index contributed by atoms with van der Waals surface area (Å²) in [6, 6.07) is 4.90. The third-order valence-electron chi connectivity index (χ3n) is 2.28. The number of nitrogens with zero attached hydrogens (tertiary/aromatic N) is 1. The van der Waals surface area contributed by atoms with Crippen LogP contribution in [0.3, 0.4) is 0 Å². The first-order valence-electron chi connectivity index (χ1n) is 4.91. The number of nitrogen functional groups attached to an aromatic ring is 1. The average molecular weight is 220 g/mol. The maximum Gasteiger partial charge on any atom is 0.173 e. The monoisotopic (exact) mass is 220 g/mol. The van der Waals surface area contributed by atoms with Gasteiger partial charge in [0.05, 0.1) is 0 Å². The number of imidazole rings is 1. The van der Waals surface area contributed by atoms with Gasteiger partial charge in [0.2, 0.25) is 0 Å². The smallest absolute Gasteiger partial charge is 0.173 e. The van der Waals surface area contributed by atoms with Crippen molar-refractivity contribution in [2.24, 2.45) is 0 Å². The quantitative estimate of drug-likeness (QED) is 0.728. The van der Waals surface area contributed by atoms with Gasteiger partial charge in [-0.2, -0.15) is 0 Å². The Morgan fingerprint density at radius 1 is 1.38 bits per heavy atom. The molecule has 1 heterocycles. The zero-order chi connectivity index (χ0) is 11.7. The fourth-order valence-electron chi connectivity index (χ4n) is 1.41. The minimum Gasteiger partial charge on any atom is -0.382 e. The maximum atomic E-state index is 13.3. The Hall–Kier alpha value is -2.04. The van der Waals surface area contributed by atoms with Crippen LogP contribution in [0.15, 0.2) is 18.2 Å². The second-order valence-electron chi connectivity index (χ2n) is 3.67. The molecule has 1 aromatic heterocycles. The first kappa shape index (κ1) is 10.5. The molecule has 2 rings (SSSR count). The Labute approximate surface area is 92.7 Å². The summed E-state index contributed by atoms with van der Waals surface area (Å²) >= 11 is 0. The van der Waals surface area contributed by atoms with E-state index in [0.29, 0.717) is 28.7 Å². The van der Waals surface area contributed by atoms with Crippen molar-refractivity contribution in [3.63, 3.8) is 0 Å². The van der Waals surface area contributed by atoms with Crippen LogP contribution in [0.1, 0.15) is 11.4 Å². The summed E-state index contributed by atoms with van der Waals surface area (Å²) in [5, 5.41) is 2.95. The number of aryl methyl sites for hydroxylation is 2. The lowest BCUT2D eigenvalue weighted by atomic mass is 10.2. The van der Waals surface area contributed by atoms with Gasteiger partial charge >= 0.3 is 0 Å². The van der Waals surface area contributed by atoms with Crippen molar-refractivity contribution in [1.29, 1.82) is 0 Å². The summed E-state index contributed by atoms with van der Waals surface area (Å²) in [5.74, 6) is 1.42. The summed E-state index contributed by atoms with van der Waals surface area (Å²) in [6.45, 7) is 3.52. The lowest BCUT2D eigenvalue weighted by Gasteiger charge is -2.05. The molecular formula is C11H13FN4. The molecule has 0 aliphatic carbocycles. The molecular weight excluding hydrogens is 207 g/mol. The molecule has 0 spiro atoms. The Balaban J connectivity index is 2.27. The number of hydrogen-bond acceptors (Lipinski definition) is 3. The normalized spacial score (nSPS) is 10.4. The van der Waals surface area contributed by atoms with E-state index in [0.717, 1.165) is 0 Å². The van der Waals surface area contributed by atoms with E-state index >= 15 is 0 Å². The zero-order valence-corrected chi connectivity index (χ0v) is 9.13. The first-order valence-corrected chi connectivity index (χ1v) is 4.91. The molecule has 0 radical (unpaired) electrons. The van der Waals surface area contributed by atoms with Crippen LogP contribution < -0.4 is 11.1 Å². The van der Waals surface area contributed by atoms with Crippen molar-refractivity contribution in [2.45, 2.75) is 13.8 Å². The van der Waals surface area contributed by atoms with Crippen LogP contribution in [0, 0.1) is 19.7 Å². The van der Waals surface area contributed by atoms with Gasteiger partial charge in [-0.05, 0) is 31.5 Å². The Bertz CT molecular complexity index is 519. The Kier molecular flexibility index (Phi) is 2.52. The third-order valence-corrected chi connectivity index (χ3v) is 2.28. The van der Waals surface area contributed by atoms with Gasteiger partial charge in [0, 0.05) is 5.69 Å². The van der Waals surface area contributed by atoms with Crippen molar-refractivity contribution in [1.82, 2.24) is 9.97 Å². The first-order chi connectivity index (χ1) is 7.56. The summed E-state index contributed by atoms with van der Waals surface area (Å²) in [6.07, 6.45) is 0. The van der Waals surface area contributed by atoms with Gasteiger partial charge in [-0.1, -0.05) is 6.07 Å². The molecule has 0 bridgehead atoms. The van der Waals surface area contributed by atoms with Crippen molar-refractivity contribution < 1.29 is 4.39 Å². The van der Waals surface area contributed by atoms with Crippen LogP contribution in [0.5, 0.6) is 0 Å². The Morgan fingerprint density at radius 2 is 2.12 bits per heavy atom.